The molecule has 0 bridgehead atoms. The molecule has 28 heavy (non-hydrogen) atoms. The van der Waals surface area contributed by atoms with Gasteiger partial charge in [0.25, 0.3) is 11.6 Å². The number of nitrogens with one attached hydrogen (secondary N) is 1. The molecule has 0 amide bonds. The number of hydrogen-bond donors (Lipinski definition) is 1. The molecule has 2 aromatic carbocycles. The molecule has 4 rings (SSSR count). The van der Waals surface area contributed by atoms with E-state index in [0.29, 0.717) is 5.56 Å². The van der Waals surface area contributed by atoms with Gasteiger partial charge >= 0.3 is 5.97 Å². The van der Waals surface area contributed by atoms with Gasteiger partial charge in [-0.25, -0.2) is 4.79 Å². The number of non-ortho nitro benzene ring substituents is 1. The fraction of sp³-hybridized carbons (Fsp3) is 0.0556. The Kier molecular flexibility index (Phi) is 4.50. The van der Waals surface area contributed by atoms with Gasteiger partial charge in [0.15, 0.2) is 6.61 Å². The van der Waals surface area contributed by atoms with Gasteiger partial charge in [0.05, 0.1) is 9.95 Å². The summed E-state index contributed by atoms with van der Waals surface area (Å²) in [6, 6.07) is 12.9. The molecule has 0 aliphatic heterocycles. The number of aromatic nitrogens is 3. The summed E-state index contributed by atoms with van der Waals surface area (Å²) in [7, 11) is 0. The van der Waals surface area contributed by atoms with Crippen molar-refractivity contribution in [2.45, 2.75) is 6.61 Å². The van der Waals surface area contributed by atoms with Crippen LogP contribution < -0.4 is 0 Å². The number of rotatable bonds is 5. The number of aromatic amines is 1. The maximum Gasteiger partial charge on any atom is 0.356 e. The number of H-pyrrole nitrogens is 1. The third kappa shape index (κ3) is 3.30. The SMILES string of the molecule is O=C(OCc1nc(-c2ccc([N+](=O)[O-])cc2)no1)c1[nH]c2ccccc2c1Cl. The molecule has 0 spiro atoms. The van der Waals surface area contributed by atoms with E-state index in [9.17, 15) is 14.9 Å². The minimum absolute atomic E-state index is 0.0448. The number of nitro benzene ring substituents is 1. The molecule has 4 aromatic rings. The lowest BCUT2D eigenvalue weighted by Gasteiger charge is -2.00. The number of benzene rings is 2. The topological polar surface area (TPSA) is 124 Å². The monoisotopic (exact) mass is 398 g/mol. The van der Waals surface area contributed by atoms with Crippen molar-refractivity contribution in [2.24, 2.45) is 0 Å². The summed E-state index contributed by atoms with van der Waals surface area (Å²) in [5.41, 5.74) is 1.35. The minimum Gasteiger partial charge on any atom is -0.451 e. The van der Waals surface area contributed by atoms with E-state index in [2.05, 4.69) is 15.1 Å². The van der Waals surface area contributed by atoms with E-state index in [1.54, 1.807) is 12.1 Å². The molecule has 9 nitrogen and oxygen atoms in total. The van der Waals surface area contributed by atoms with Crippen LogP contribution in [0.5, 0.6) is 0 Å². The zero-order valence-electron chi connectivity index (χ0n) is 14.1. The summed E-state index contributed by atoms with van der Waals surface area (Å²) in [4.78, 5) is 29.5. The van der Waals surface area contributed by atoms with Gasteiger partial charge < -0.3 is 14.2 Å². The number of carbonyl (C=O) groups excluding carboxylic acids is 1. The van der Waals surface area contributed by atoms with Crippen molar-refractivity contribution in [3.05, 3.63) is 75.3 Å². The first-order valence-electron chi connectivity index (χ1n) is 8.03. The van der Waals surface area contributed by atoms with E-state index in [0.717, 1.165) is 10.9 Å². The zero-order chi connectivity index (χ0) is 19.7. The van der Waals surface area contributed by atoms with Crippen molar-refractivity contribution in [2.75, 3.05) is 0 Å². The summed E-state index contributed by atoms with van der Waals surface area (Å²) in [5.74, 6) is -0.352. The summed E-state index contributed by atoms with van der Waals surface area (Å²) in [6.45, 7) is -0.246. The lowest BCUT2D eigenvalue weighted by Crippen LogP contribution is -2.06. The molecule has 0 saturated carbocycles. The molecule has 0 fully saturated rings. The van der Waals surface area contributed by atoms with Gasteiger partial charge in [0.1, 0.15) is 5.69 Å². The standard InChI is InChI=1S/C18H11ClN4O5/c19-15-12-3-1-2-4-13(12)20-16(15)18(24)27-9-14-21-17(22-28-14)10-5-7-11(8-6-10)23(25)26/h1-8,20H,9H2. The van der Waals surface area contributed by atoms with Crippen LogP contribution in [0.3, 0.4) is 0 Å². The highest BCUT2D eigenvalue weighted by molar-refractivity contribution is 6.38. The van der Waals surface area contributed by atoms with E-state index < -0.39 is 10.9 Å². The van der Waals surface area contributed by atoms with Gasteiger partial charge in [-0.15, -0.1) is 0 Å². The Hall–Kier alpha value is -3.72. The lowest BCUT2D eigenvalue weighted by molar-refractivity contribution is -0.384. The number of nitro groups is 1. The summed E-state index contributed by atoms with van der Waals surface area (Å²) in [6.07, 6.45) is 0. The van der Waals surface area contributed by atoms with Crippen LogP contribution in [0.1, 0.15) is 16.4 Å². The van der Waals surface area contributed by atoms with E-state index in [-0.39, 0.29) is 34.7 Å². The first-order valence-corrected chi connectivity index (χ1v) is 8.41. The fourth-order valence-electron chi connectivity index (χ4n) is 2.61. The number of ether oxygens (including phenoxy) is 1. The van der Waals surface area contributed by atoms with Crippen LogP contribution in [0.25, 0.3) is 22.3 Å². The van der Waals surface area contributed by atoms with Crippen molar-refractivity contribution in [3.8, 4) is 11.4 Å². The van der Waals surface area contributed by atoms with E-state index in [1.165, 1.54) is 24.3 Å². The Morgan fingerprint density at radius 3 is 2.68 bits per heavy atom. The molecular weight excluding hydrogens is 388 g/mol. The Labute approximate surface area is 162 Å². The quantitative estimate of drug-likeness (QED) is 0.304. The van der Waals surface area contributed by atoms with Gasteiger partial charge in [-0.05, 0) is 18.2 Å². The molecule has 2 heterocycles. The molecular formula is C18H11ClN4O5. The average molecular weight is 399 g/mol. The first kappa shape index (κ1) is 17.7. The van der Waals surface area contributed by atoms with Crippen molar-refractivity contribution >= 4 is 34.2 Å². The summed E-state index contributed by atoms with van der Waals surface area (Å²) >= 11 is 6.22. The molecule has 0 saturated heterocycles. The molecule has 1 N–H and O–H groups in total. The minimum atomic E-state index is -0.656. The third-order valence-electron chi connectivity index (χ3n) is 3.98. The van der Waals surface area contributed by atoms with Crippen LogP contribution in [0.2, 0.25) is 5.02 Å². The van der Waals surface area contributed by atoms with Crippen LogP contribution in [0, 0.1) is 10.1 Å². The normalized spacial score (nSPS) is 10.9. The lowest BCUT2D eigenvalue weighted by atomic mass is 10.2. The van der Waals surface area contributed by atoms with Crippen LogP contribution >= 0.6 is 11.6 Å². The molecule has 2 aromatic heterocycles. The number of carbonyl (C=O) groups is 1. The molecule has 0 atom stereocenters. The molecule has 140 valence electrons. The van der Waals surface area contributed by atoms with Crippen molar-refractivity contribution < 1.29 is 19.0 Å². The highest BCUT2D eigenvalue weighted by Gasteiger charge is 2.19. The van der Waals surface area contributed by atoms with Gasteiger partial charge in [0, 0.05) is 28.6 Å². The molecule has 0 radical (unpaired) electrons. The molecule has 0 aliphatic carbocycles. The largest absolute Gasteiger partial charge is 0.451 e. The predicted octanol–water partition coefficient (Wildman–Crippen LogP) is 4.14. The van der Waals surface area contributed by atoms with Gasteiger partial charge in [-0.3, -0.25) is 10.1 Å². The van der Waals surface area contributed by atoms with Crippen molar-refractivity contribution in [1.29, 1.82) is 0 Å². The second-order valence-corrected chi connectivity index (χ2v) is 6.13. The molecule has 0 aliphatic rings. The Morgan fingerprint density at radius 1 is 1.21 bits per heavy atom. The van der Waals surface area contributed by atoms with Crippen LogP contribution in [-0.4, -0.2) is 26.0 Å². The number of esters is 1. The molecule has 10 heteroatoms. The Morgan fingerprint density at radius 2 is 1.96 bits per heavy atom. The Balaban J connectivity index is 1.46. The molecule has 0 unspecified atom stereocenters. The summed E-state index contributed by atoms with van der Waals surface area (Å²) in [5, 5.41) is 15.5. The van der Waals surface area contributed by atoms with Gasteiger partial charge in [-0.2, -0.15) is 4.98 Å². The maximum absolute atomic E-state index is 12.3. The Bertz CT molecular complexity index is 1180. The van der Waals surface area contributed by atoms with Crippen molar-refractivity contribution in [3.63, 3.8) is 0 Å². The van der Waals surface area contributed by atoms with Crippen LogP contribution in [0.4, 0.5) is 5.69 Å². The number of nitrogens with zero attached hydrogens (tertiary/aromatic N) is 3. The highest BCUT2D eigenvalue weighted by atomic mass is 35.5. The van der Waals surface area contributed by atoms with Gasteiger partial charge in [0.2, 0.25) is 5.82 Å². The smallest absolute Gasteiger partial charge is 0.356 e. The predicted molar refractivity (Wildman–Crippen MR) is 98.8 cm³/mol. The highest BCUT2D eigenvalue weighted by Crippen LogP contribution is 2.28. The van der Waals surface area contributed by atoms with Crippen LogP contribution in [-0.2, 0) is 11.3 Å². The second kappa shape index (κ2) is 7.12. The number of fused-ring (bicyclic) bond motifs is 1. The fourth-order valence-corrected chi connectivity index (χ4v) is 2.90. The number of para-hydroxylation sites is 1. The average Bonchev–Trinajstić information content (AvgIpc) is 3.31. The van der Waals surface area contributed by atoms with Gasteiger partial charge in [-0.1, -0.05) is 35.0 Å². The maximum atomic E-state index is 12.3. The van der Waals surface area contributed by atoms with Crippen molar-refractivity contribution in [1.82, 2.24) is 15.1 Å². The third-order valence-corrected chi connectivity index (χ3v) is 4.37. The first-order chi connectivity index (χ1) is 13.5. The van der Waals surface area contributed by atoms with Crippen LogP contribution in [0.15, 0.2) is 53.1 Å². The zero-order valence-corrected chi connectivity index (χ0v) is 14.8. The second-order valence-electron chi connectivity index (χ2n) is 5.75. The number of halogens is 1. The summed E-state index contributed by atoms with van der Waals surface area (Å²) < 4.78 is 10.2. The van der Waals surface area contributed by atoms with E-state index in [1.807, 2.05) is 12.1 Å². The number of hydrogen-bond acceptors (Lipinski definition) is 7. The van der Waals surface area contributed by atoms with E-state index in [4.69, 9.17) is 20.9 Å². The van der Waals surface area contributed by atoms with E-state index >= 15 is 0 Å².